The molecule has 2 N–H and O–H groups in total. The molecule has 1 aromatic rings. The van der Waals surface area contributed by atoms with Crippen molar-refractivity contribution in [2.45, 2.75) is 13.0 Å². The van der Waals surface area contributed by atoms with Crippen LogP contribution in [0.5, 0.6) is 0 Å². The highest BCUT2D eigenvalue weighted by Crippen LogP contribution is 2.09. The molecule has 1 rings (SSSR count). The molecule has 0 aliphatic carbocycles. The first-order valence-electron chi connectivity index (χ1n) is 9.58. The van der Waals surface area contributed by atoms with Crippen molar-refractivity contribution in [1.29, 1.82) is 0 Å². The van der Waals surface area contributed by atoms with Crippen molar-refractivity contribution in [1.82, 2.24) is 0 Å². The van der Waals surface area contributed by atoms with Crippen LogP contribution in [0.15, 0.2) is 24.3 Å². The molecular formula is C21H31NO7. The van der Waals surface area contributed by atoms with Crippen LogP contribution >= 0.6 is 0 Å². The van der Waals surface area contributed by atoms with E-state index < -0.39 is 0 Å². The van der Waals surface area contributed by atoms with Gasteiger partial charge in [-0.25, -0.2) is 0 Å². The molecule has 0 aliphatic rings. The third-order valence-electron chi connectivity index (χ3n) is 3.57. The maximum atomic E-state index is 11.8. The van der Waals surface area contributed by atoms with Crippen molar-refractivity contribution in [3.8, 4) is 12.3 Å². The van der Waals surface area contributed by atoms with E-state index >= 15 is 0 Å². The quantitative estimate of drug-likeness (QED) is 0.278. The number of terminal acetylenes is 1. The SMILES string of the molecule is C#CCOCCOCCOCCOCCOCCC(=O)Nc1ccc(CO)cc1. The van der Waals surface area contributed by atoms with E-state index in [1.807, 2.05) is 0 Å². The number of nitrogens with one attached hydrogen (secondary N) is 1. The second-order valence-corrected chi connectivity index (χ2v) is 5.86. The van der Waals surface area contributed by atoms with Gasteiger partial charge in [-0.3, -0.25) is 4.79 Å². The summed E-state index contributed by atoms with van der Waals surface area (Å²) in [4.78, 5) is 11.8. The average Bonchev–Trinajstić information content (AvgIpc) is 2.74. The molecule has 0 bridgehead atoms. The van der Waals surface area contributed by atoms with Gasteiger partial charge in [0.15, 0.2) is 0 Å². The molecule has 0 radical (unpaired) electrons. The van der Waals surface area contributed by atoms with E-state index in [1.165, 1.54) is 0 Å². The van der Waals surface area contributed by atoms with Crippen LogP contribution < -0.4 is 5.32 Å². The first-order chi connectivity index (χ1) is 14.3. The van der Waals surface area contributed by atoms with Crippen LogP contribution in [0, 0.1) is 12.3 Å². The molecule has 0 aliphatic heterocycles. The van der Waals surface area contributed by atoms with Gasteiger partial charge < -0.3 is 34.1 Å². The summed E-state index contributed by atoms with van der Waals surface area (Å²) in [5.74, 6) is 2.26. The van der Waals surface area contributed by atoms with Gasteiger partial charge in [0, 0.05) is 5.69 Å². The average molecular weight is 409 g/mol. The molecular weight excluding hydrogens is 378 g/mol. The van der Waals surface area contributed by atoms with E-state index in [4.69, 9.17) is 35.2 Å². The van der Waals surface area contributed by atoms with Gasteiger partial charge in [-0.2, -0.15) is 0 Å². The van der Waals surface area contributed by atoms with Crippen molar-refractivity contribution >= 4 is 11.6 Å². The van der Waals surface area contributed by atoms with E-state index in [0.29, 0.717) is 71.8 Å². The largest absolute Gasteiger partial charge is 0.392 e. The fourth-order valence-electron chi connectivity index (χ4n) is 2.09. The summed E-state index contributed by atoms with van der Waals surface area (Å²) in [6.07, 6.45) is 5.31. The van der Waals surface area contributed by atoms with Crippen LogP contribution in [0.4, 0.5) is 5.69 Å². The number of carbonyl (C=O) groups excluding carboxylic acids is 1. The number of hydrogen-bond acceptors (Lipinski definition) is 7. The van der Waals surface area contributed by atoms with Crippen molar-refractivity contribution in [2.75, 3.05) is 71.4 Å². The van der Waals surface area contributed by atoms with Crippen LogP contribution in [-0.4, -0.2) is 77.1 Å². The summed E-state index contributed by atoms with van der Waals surface area (Å²) in [7, 11) is 0. The topological polar surface area (TPSA) is 95.5 Å². The number of rotatable bonds is 18. The second-order valence-electron chi connectivity index (χ2n) is 5.86. The second kappa shape index (κ2) is 18.1. The predicted octanol–water partition coefficient (Wildman–Crippen LogP) is 1.22. The number of carbonyl (C=O) groups is 1. The summed E-state index contributed by atoms with van der Waals surface area (Å²) in [6.45, 7) is 4.37. The predicted molar refractivity (Wildman–Crippen MR) is 109 cm³/mol. The molecule has 0 aromatic heterocycles. The van der Waals surface area contributed by atoms with Gasteiger partial charge in [-0.15, -0.1) is 6.42 Å². The first kappa shape index (κ1) is 25.0. The molecule has 8 nitrogen and oxygen atoms in total. The Kier molecular flexibility index (Phi) is 15.6. The Morgan fingerprint density at radius 2 is 1.31 bits per heavy atom. The Labute approximate surface area is 172 Å². The first-order valence-corrected chi connectivity index (χ1v) is 9.58. The zero-order chi connectivity index (χ0) is 21.0. The Morgan fingerprint density at radius 3 is 1.79 bits per heavy atom. The maximum Gasteiger partial charge on any atom is 0.226 e. The highest BCUT2D eigenvalue weighted by atomic mass is 16.6. The van der Waals surface area contributed by atoms with Gasteiger partial charge in [-0.1, -0.05) is 18.1 Å². The minimum Gasteiger partial charge on any atom is -0.392 e. The lowest BCUT2D eigenvalue weighted by molar-refractivity contribution is -0.117. The van der Waals surface area contributed by atoms with Gasteiger partial charge in [0.2, 0.25) is 5.91 Å². The van der Waals surface area contributed by atoms with Crippen LogP contribution in [0.1, 0.15) is 12.0 Å². The van der Waals surface area contributed by atoms with Gasteiger partial charge in [0.05, 0.1) is 72.5 Å². The van der Waals surface area contributed by atoms with Crippen molar-refractivity contribution in [3.05, 3.63) is 29.8 Å². The molecule has 162 valence electrons. The van der Waals surface area contributed by atoms with Gasteiger partial charge in [-0.05, 0) is 17.7 Å². The van der Waals surface area contributed by atoms with E-state index in [0.717, 1.165) is 5.56 Å². The fraction of sp³-hybridized carbons (Fsp3) is 0.571. The highest BCUT2D eigenvalue weighted by Gasteiger charge is 2.02. The molecule has 0 saturated carbocycles. The summed E-state index contributed by atoms with van der Waals surface area (Å²) < 4.78 is 26.5. The van der Waals surface area contributed by atoms with Gasteiger partial charge in [0.1, 0.15) is 6.61 Å². The number of ether oxygens (including phenoxy) is 5. The molecule has 29 heavy (non-hydrogen) atoms. The summed E-state index contributed by atoms with van der Waals surface area (Å²) >= 11 is 0. The molecule has 0 unspecified atom stereocenters. The summed E-state index contributed by atoms with van der Waals surface area (Å²) in [6, 6.07) is 7.03. The normalized spacial score (nSPS) is 10.6. The zero-order valence-corrected chi connectivity index (χ0v) is 16.8. The number of aliphatic hydroxyl groups excluding tert-OH is 1. The summed E-state index contributed by atoms with van der Waals surface area (Å²) in [5, 5.41) is 11.8. The maximum absolute atomic E-state index is 11.8. The van der Waals surface area contributed by atoms with E-state index in [9.17, 15) is 4.79 Å². The van der Waals surface area contributed by atoms with Gasteiger partial charge in [0.25, 0.3) is 0 Å². The molecule has 0 saturated heterocycles. The Morgan fingerprint density at radius 1 is 0.828 bits per heavy atom. The molecule has 0 fully saturated rings. The monoisotopic (exact) mass is 409 g/mol. The molecule has 0 atom stereocenters. The third kappa shape index (κ3) is 14.6. The highest BCUT2D eigenvalue weighted by molar-refractivity contribution is 5.90. The van der Waals surface area contributed by atoms with E-state index in [-0.39, 0.29) is 18.9 Å². The minimum absolute atomic E-state index is 0.0191. The number of anilines is 1. The van der Waals surface area contributed by atoms with Crippen LogP contribution in [-0.2, 0) is 35.1 Å². The lowest BCUT2D eigenvalue weighted by atomic mass is 10.2. The van der Waals surface area contributed by atoms with Crippen LogP contribution in [0.2, 0.25) is 0 Å². The van der Waals surface area contributed by atoms with Crippen molar-refractivity contribution in [3.63, 3.8) is 0 Å². The lowest BCUT2D eigenvalue weighted by Gasteiger charge is -2.08. The number of aliphatic hydroxyl groups is 1. The van der Waals surface area contributed by atoms with Crippen molar-refractivity contribution < 1.29 is 33.6 Å². The smallest absolute Gasteiger partial charge is 0.226 e. The molecule has 1 amide bonds. The van der Waals surface area contributed by atoms with Crippen molar-refractivity contribution in [2.24, 2.45) is 0 Å². The van der Waals surface area contributed by atoms with E-state index in [1.54, 1.807) is 24.3 Å². The fourth-order valence-corrected chi connectivity index (χ4v) is 2.09. The zero-order valence-electron chi connectivity index (χ0n) is 16.8. The van der Waals surface area contributed by atoms with Crippen LogP contribution in [0.3, 0.4) is 0 Å². The molecule has 8 heteroatoms. The van der Waals surface area contributed by atoms with Gasteiger partial charge >= 0.3 is 0 Å². The molecule has 0 spiro atoms. The lowest BCUT2D eigenvalue weighted by Crippen LogP contribution is -2.16. The minimum atomic E-state index is -0.124. The Bertz CT molecular complexity index is 571. The summed E-state index contributed by atoms with van der Waals surface area (Å²) in [5.41, 5.74) is 1.49. The molecule has 1 aromatic carbocycles. The standard InChI is InChI=1S/C21H31NO7/c1-2-8-25-10-12-27-14-16-29-17-15-28-13-11-26-9-7-21(24)22-20-5-3-19(18-23)4-6-20/h1,3-6,23H,7-18H2,(H,22,24). The van der Waals surface area contributed by atoms with E-state index in [2.05, 4.69) is 11.2 Å². The number of benzene rings is 1. The Balaban J connectivity index is 1.82. The molecule has 0 heterocycles. The number of amides is 1. The third-order valence-corrected chi connectivity index (χ3v) is 3.57. The Hall–Kier alpha value is -1.99. The van der Waals surface area contributed by atoms with Crippen LogP contribution in [0.25, 0.3) is 0 Å². The number of hydrogen-bond donors (Lipinski definition) is 2.